The van der Waals surface area contributed by atoms with E-state index in [0.717, 1.165) is 44.2 Å². The lowest BCUT2D eigenvalue weighted by Gasteiger charge is -2.43. The second-order valence-corrected chi connectivity index (χ2v) is 32.5. The maximum Gasteiger partial charge on any atom is 0.192 e. The molecule has 11 nitrogen and oxygen atoms in total. The van der Waals surface area contributed by atoms with E-state index in [1.165, 1.54) is 0 Å². The molecule has 1 saturated heterocycles. The van der Waals surface area contributed by atoms with E-state index >= 15 is 0 Å². The van der Waals surface area contributed by atoms with Crippen LogP contribution in [-0.2, 0) is 15.7 Å². The minimum Gasteiger partial charge on any atom is -0.432 e. The van der Waals surface area contributed by atoms with E-state index in [1.54, 1.807) is 12.5 Å². The van der Waals surface area contributed by atoms with E-state index in [2.05, 4.69) is 78.6 Å². The molecule has 0 spiro atoms. The third-order valence-electron chi connectivity index (χ3n) is 12.5. The van der Waals surface area contributed by atoms with Crippen molar-refractivity contribution in [1.29, 1.82) is 0 Å². The molecule has 4 N–H and O–H groups in total. The van der Waals surface area contributed by atoms with Gasteiger partial charge in [0.25, 0.3) is 0 Å². The molecule has 50 heavy (non-hydrogen) atoms. The van der Waals surface area contributed by atoms with Gasteiger partial charge in [-0.05, 0) is 79.6 Å². The van der Waals surface area contributed by atoms with E-state index < -0.39 is 31.2 Å². The van der Waals surface area contributed by atoms with Gasteiger partial charge in [0, 0.05) is 18.7 Å². The fourth-order valence-corrected chi connectivity index (χ4v) is 8.89. The monoisotopic (exact) mass is 745 g/mol. The number of ether oxygens (including phenoxy) is 1. The Hall–Kier alpha value is -1.95. The lowest BCUT2D eigenvalue weighted by Crippen LogP contribution is -2.46. The van der Waals surface area contributed by atoms with Crippen molar-refractivity contribution in [3.63, 3.8) is 0 Å². The molecular formula is C36H67N7O4Si3. The van der Waals surface area contributed by atoms with Gasteiger partial charge in [0.2, 0.25) is 0 Å². The van der Waals surface area contributed by atoms with Gasteiger partial charge in [0.05, 0.1) is 30.8 Å². The highest BCUT2D eigenvalue weighted by Crippen LogP contribution is 2.56. The summed E-state index contributed by atoms with van der Waals surface area (Å²) in [6.07, 6.45) is 9.75. The van der Waals surface area contributed by atoms with Crippen LogP contribution in [0.25, 0.3) is 22.6 Å². The van der Waals surface area contributed by atoms with E-state index in [4.69, 9.17) is 24.9 Å². The predicted molar refractivity (Wildman–Crippen MR) is 211 cm³/mol. The molecule has 1 aliphatic rings. The molecule has 2 unspecified atom stereocenters. The van der Waals surface area contributed by atoms with Crippen LogP contribution in [0.15, 0.2) is 18.7 Å². The number of nitrogens with zero attached hydrogens (tertiary/aromatic N) is 6. The molecule has 14 heteroatoms. The van der Waals surface area contributed by atoms with Crippen molar-refractivity contribution in [2.75, 3.05) is 12.3 Å². The first-order valence-electron chi connectivity index (χ1n) is 18.6. The third kappa shape index (κ3) is 8.63. The summed E-state index contributed by atoms with van der Waals surface area (Å²) in [5, 5.41) is 3.99. The standard InChI is InChI=1S/C36H67N7O4Si3/c1-15-16-17-18-42-22-25(21-39-42)31-40-30(37)29-32(41-31)43(24-38-29)33-27(20-36(7,8)49(11,12)45)26(19-35(5,6)48(9,10)44)28(47-33)23-46-50(13,14)34(2,3)4/h21-22,24,26-28,33,44-45H,15-20,23H2,1-14H3,(H2,37,40,41)/t26-,27+,28?,33?/m0/s1. The van der Waals surface area contributed by atoms with E-state index in [1.807, 2.05) is 41.6 Å². The van der Waals surface area contributed by atoms with Crippen LogP contribution in [0.3, 0.4) is 0 Å². The number of imidazole rings is 1. The molecule has 3 aromatic heterocycles. The fourth-order valence-electron chi connectivity index (χ4n) is 6.40. The number of fused-ring (bicyclic) bond motifs is 1. The van der Waals surface area contributed by atoms with Crippen molar-refractivity contribution in [3.05, 3.63) is 18.7 Å². The number of hydrogen-bond acceptors (Lipinski definition) is 9. The Morgan fingerprint density at radius 2 is 1.50 bits per heavy atom. The van der Waals surface area contributed by atoms with Crippen LogP contribution in [0.4, 0.5) is 5.82 Å². The highest BCUT2D eigenvalue weighted by atomic mass is 28.4. The fraction of sp³-hybridized carbons (Fsp3) is 0.778. The summed E-state index contributed by atoms with van der Waals surface area (Å²) in [5.41, 5.74) is 8.51. The molecule has 4 rings (SSSR count). The van der Waals surface area contributed by atoms with Crippen molar-refractivity contribution in [3.8, 4) is 11.4 Å². The van der Waals surface area contributed by atoms with Crippen LogP contribution in [0.2, 0.25) is 54.4 Å². The molecule has 282 valence electrons. The summed E-state index contributed by atoms with van der Waals surface area (Å²) in [4.78, 5) is 37.5. The SMILES string of the molecule is CCCCCn1cc(-c2nc(N)c3ncn(C4OC(CO[Si](C)(C)C(C)(C)C)[C@@H](CC(C)(C)[Si](C)(C)O)[C@H]4CC(C)(C)[Si](C)(C)O)c3n2)cn1. The summed E-state index contributed by atoms with van der Waals surface area (Å²) >= 11 is 0. The van der Waals surface area contributed by atoms with Gasteiger partial charge < -0.3 is 24.5 Å². The number of rotatable bonds is 15. The zero-order valence-corrected chi connectivity index (χ0v) is 36.5. The van der Waals surface area contributed by atoms with Crippen LogP contribution in [0, 0.1) is 11.8 Å². The molecule has 0 radical (unpaired) electrons. The molecule has 1 fully saturated rings. The Kier molecular flexibility index (Phi) is 11.8. The molecule has 0 aliphatic carbocycles. The predicted octanol–water partition coefficient (Wildman–Crippen LogP) is 8.35. The number of unbranched alkanes of at least 4 members (excludes halogenated alkanes) is 2. The van der Waals surface area contributed by atoms with Gasteiger partial charge in [0.15, 0.2) is 42.2 Å². The van der Waals surface area contributed by atoms with E-state index in [0.29, 0.717) is 29.4 Å². The average molecular weight is 746 g/mol. The number of hydrogen-bond donors (Lipinski definition) is 3. The molecule has 4 atom stereocenters. The Labute approximate surface area is 304 Å². The van der Waals surface area contributed by atoms with E-state index in [-0.39, 0.29) is 33.1 Å². The van der Waals surface area contributed by atoms with Gasteiger partial charge in [-0.15, -0.1) is 0 Å². The lowest BCUT2D eigenvalue weighted by atomic mass is 9.78. The average Bonchev–Trinajstić information content (AvgIpc) is 3.68. The molecule has 0 saturated carbocycles. The molecule has 0 bridgehead atoms. The van der Waals surface area contributed by atoms with E-state index in [9.17, 15) is 9.59 Å². The summed E-state index contributed by atoms with van der Waals surface area (Å²) in [5.74, 6) is 0.836. The van der Waals surface area contributed by atoms with Crippen molar-refractivity contribution in [2.45, 2.75) is 161 Å². The largest absolute Gasteiger partial charge is 0.432 e. The highest BCUT2D eigenvalue weighted by molar-refractivity contribution is 6.74. The van der Waals surface area contributed by atoms with Crippen LogP contribution in [0.1, 0.15) is 93.7 Å². The quantitative estimate of drug-likeness (QED) is 0.103. The second-order valence-electron chi connectivity index (χ2n) is 18.7. The number of aryl methyl sites for hydroxylation is 1. The van der Waals surface area contributed by atoms with Gasteiger partial charge in [0.1, 0.15) is 11.7 Å². The Morgan fingerprint density at radius 3 is 2.06 bits per heavy atom. The first-order chi connectivity index (χ1) is 22.8. The maximum absolute atomic E-state index is 11.6. The molecule has 0 amide bonds. The molecule has 3 aromatic rings. The Balaban J connectivity index is 1.84. The minimum atomic E-state index is -2.61. The van der Waals surface area contributed by atoms with Crippen LogP contribution >= 0.6 is 0 Å². The smallest absolute Gasteiger partial charge is 0.192 e. The molecule has 4 heterocycles. The van der Waals surface area contributed by atoms with Crippen LogP contribution < -0.4 is 5.73 Å². The molecular weight excluding hydrogens is 679 g/mol. The maximum atomic E-state index is 11.6. The zero-order valence-electron chi connectivity index (χ0n) is 33.5. The number of anilines is 1. The molecule has 1 aliphatic heterocycles. The summed E-state index contributed by atoms with van der Waals surface area (Å²) in [7, 11) is -7.30. The van der Waals surface area contributed by atoms with Gasteiger partial charge in [-0.2, -0.15) is 5.10 Å². The number of aromatic nitrogens is 6. The second kappa shape index (κ2) is 14.5. The van der Waals surface area contributed by atoms with Crippen molar-refractivity contribution in [2.24, 2.45) is 11.8 Å². The minimum absolute atomic E-state index is 0.0223. The Bertz CT molecular complexity index is 1600. The van der Waals surface area contributed by atoms with Crippen molar-refractivity contribution < 1.29 is 18.8 Å². The topological polar surface area (TPSA) is 146 Å². The number of nitrogen functional groups attached to an aromatic ring is 1. The summed E-state index contributed by atoms with van der Waals surface area (Å²) in [6.45, 7) is 31.7. The van der Waals surface area contributed by atoms with Gasteiger partial charge >= 0.3 is 0 Å². The van der Waals surface area contributed by atoms with Gasteiger partial charge in [-0.3, -0.25) is 9.25 Å². The third-order valence-corrected chi connectivity index (χ3v) is 24.1. The Morgan fingerprint density at radius 1 is 0.900 bits per heavy atom. The summed E-state index contributed by atoms with van der Waals surface area (Å²) < 4.78 is 18.0. The van der Waals surface area contributed by atoms with Gasteiger partial charge in [-0.25, -0.2) is 15.0 Å². The van der Waals surface area contributed by atoms with Crippen molar-refractivity contribution in [1.82, 2.24) is 29.3 Å². The lowest BCUT2D eigenvalue weighted by molar-refractivity contribution is -0.0353. The summed E-state index contributed by atoms with van der Waals surface area (Å²) in [6, 6.07) is 0. The normalized spacial score (nSPS) is 21.4. The van der Waals surface area contributed by atoms with Crippen LogP contribution in [0.5, 0.6) is 0 Å². The zero-order chi connectivity index (χ0) is 37.7. The van der Waals surface area contributed by atoms with Crippen LogP contribution in [-0.4, -0.2) is 76.6 Å². The van der Waals surface area contributed by atoms with Crippen molar-refractivity contribution >= 4 is 41.9 Å². The highest BCUT2D eigenvalue weighted by Gasteiger charge is 2.54. The first-order valence-corrected chi connectivity index (χ1v) is 27.4. The first kappa shape index (κ1) is 40.8. The number of nitrogens with two attached hydrogens (primary N) is 1. The molecule has 0 aromatic carbocycles. The van der Waals surface area contributed by atoms with Gasteiger partial charge in [-0.1, -0.05) is 68.2 Å².